The minimum Gasteiger partial charge on any atom is -0.372 e. The van der Waals surface area contributed by atoms with Gasteiger partial charge in [-0.1, -0.05) is 12.1 Å². The van der Waals surface area contributed by atoms with Crippen molar-refractivity contribution in [1.29, 1.82) is 0 Å². The molecule has 3 heteroatoms. The summed E-state index contributed by atoms with van der Waals surface area (Å²) in [4.78, 5) is 2.30. The molecule has 84 valence electrons. The third kappa shape index (κ3) is 2.94. The van der Waals surface area contributed by atoms with Crippen LogP contribution in [0.5, 0.6) is 0 Å². The van der Waals surface area contributed by atoms with Gasteiger partial charge in [0.2, 0.25) is 0 Å². The molecule has 0 radical (unpaired) electrons. The van der Waals surface area contributed by atoms with Gasteiger partial charge in [-0.15, -0.1) is 0 Å². The number of rotatable bonds is 5. The molecule has 1 atom stereocenters. The van der Waals surface area contributed by atoms with Gasteiger partial charge in [0.05, 0.1) is 0 Å². The fourth-order valence-corrected chi connectivity index (χ4v) is 1.66. The minimum absolute atomic E-state index is 0.0456. The largest absolute Gasteiger partial charge is 0.372 e. The van der Waals surface area contributed by atoms with Crippen molar-refractivity contribution in [3.63, 3.8) is 0 Å². The molecule has 0 heterocycles. The number of benzene rings is 1. The Labute approximate surface area is 92.1 Å². The highest BCUT2D eigenvalue weighted by Gasteiger charge is 2.05. The Balaban J connectivity index is 2.79. The molecule has 0 aliphatic rings. The van der Waals surface area contributed by atoms with Crippen LogP contribution in [0.3, 0.4) is 0 Å². The van der Waals surface area contributed by atoms with Crippen molar-refractivity contribution in [2.45, 2.75) is 19.9 Å². The number of anilines is 1. The van der Waals surface area contributed by atoms with Crippen LogP contribution >= 0.6 is 0 Å². The van der Waals surface area contributed by atoms with Gasteiger partial charge in [-0.05, 0) is 31.5 Å². The summed E-state index contributed by atoms with van der Waals surface area (Å²) in [5.74, 6) is 0. The average molecular weight is 207 g/mol. The van der Waals surface area contributed by atoms with Gasteiger partial charge in [0.1, 0.15) is 0 Å². The van der Waals surface area contributed by atoms with Crippen LogP contribution in [-0.2, 0) is 0 Å². The van der Waals surface area contributed by atoms with E-state index >= 15 is 0 Å². The third-order valence-corrected chi connectivity index (χ3v) is 2.70. The minimum atomic E-state index is -0.0456. The number of nitrogens with two attached hydrogens (primary N) is 2. The SMILES string of the molecule is CCN(CC)c1ccc(C(N)CN)cc1. The lowest BCUT2D eigenvalue weighted by molar-refractivity contribution is 0.736. The van der Waals surface area contributed by atoms with Gasteiger partial charge in [0.25, 0.3) is 0 Å². The van der Waals surface area contributed by atoms with Crippen molar-refractivity contribution in [3.8, 4) is 0 Å². The van der Waals surface area contributed by atoms with Crippen LogP contribution in [0.15, 0.2) is 24.3 Å². The summed E-state index contributed by atoms with van der Waals surface area (Å²) in [5.41, 5.74) is 13.7. The van der Waals surface area contributed by atoms with Crippen molar-refractivity contribution in [1.82, 2.24) is 0 Å². The Morgan fingerprint density at radius 3 is 2.07 bits per heavy atom. The maximum absolute atomic E-state index is 5.85. The molecule has 0 fully saturated rings. The van der Waals surface area contributed by atoms with Gasteiger partial charge in [-0.2, -0.15) is 0 Å². The summed E-state index contributed by atoms with van der Waals surface area (Å²) < 4.78 is 0. The highest BCUT2D eigenvalue weighted by molar-refractivity contribution is 5.47. The van der Waals surface area contributed by atoms with E-state index in [1.807, 2.05) is 0 Å². The molecule has 0 aromatic heterocycles. The molecule has 1 unspecified atom stereocenters. The van der Waals surface area contributed by atoms with Crippen LogP contribution < -0.4 is 16.4 Å². The van der Waals surface area contributed by atoms with Crippen LogP contribution in [0.4, 0.5) is 5.69 Å². The molecule has 0 amide bonds. The Hall–Kier alpha value is -1.06. The molecule has 1 aromatic carbocycles. The normalized spacial score (nSPS) is 12.5. The predicted octanol–water partition coefficient (Wildman–Crippen LogP) is 1.49. The Kier molecular flexibility index (Phi) is 4.59. The molecule has 1 aromatic rings. The lowest BCUT2D eigenvalue weighted by atomic mass is 10.1. The van der Waals surface area contributed by atoms with E-state index in [9.17, 15) is 0 Å². The van der Waals surface area contributed by atoms with Crippen LogP contribution in [0.1, 0.15) is 25.5 Å². The summed E-state index contributed by atoms with van der Waals surface area (Å²) in [6.07, 6.45) is 0. The van der Waals surface area contributed by atoms with E-state index in [-0.39, 0.29) is 6.04 Å². The number of hydrogen-bond donors (Lipinski definition) is 2. The van der Waals surface area contributed by atoms with Crippen LogP contribution in [0.2, 0.25) is 0 Å². The standard InChI is InChI=1S/C12H21N3/c1-3-15(4-2)11-7-5-10(6-8-11)12(14)9-13/h5-8,12H,3-4,9,13-14H2,1-2H3. The molecule has 0 bridgehead atoms. The smallest absolute Gasteiger partial charge is 0.0419 e. The summed E-state index contributed by atoms with van der Waals surface area (Å²) in [6.45, 7) is 6.86. The molecule has 0 aliphatic carbocycles. The second kappa shape index (κ2) is 5.73. The highest BCUT2D eigenvalue weighted by Crippen LogP contribution is 2.17. The molecule has 0 saturated carbocycles. The maximum atomic E-state index is 5.85. The van der Waals surface area contributed by atoms with E-state index in [2.05, 4.69) is 43.0 Å². The highest BCUT2D eigenvalue weighted by atomic mass is 15.1. The summed E-state index contributed by atoms with van der Waals surface area (Å²) in [7, 11) is 0. The molecule has 1 rings (SSSR count). The first kappa shape index (κ1) is 12.0. The van der Waals surface area contributed by atoms with E-state index < -0.39 is 0 Å². The maximum Gasteiger partial charge on any atom is 0.0419 e. The first-order valence-corrected chi connectivity index (χ1v) is 5.53. The first-order valence-electron chi connectivity index (χ1n) is 5.53. The quantitative estimate of drug-likeness (QED) is 0.769. The molecule has 4 N–H and O–H groups in total. The topological polar surface area (TPSA) is 55.3 Å². The second-order valence-corrected chi connectivity index (χ2v) is 3.61. The zero-order valence-corrected chi connectivity index (χ0v) is 9.61. The summed E-state index contributed by atoms with van der Waals surface area (Å²) in [6, 6.07) is 8.29. The van der Waals surface area contributed by atoms with Gasteiger partial charge in [0.15, 0.2) is 0 Å². The summed E-state index contributed by atoms with van der Waals surface area (Å²) in [5, 5.41) is 0. The number of nitrogens with zero attached hydrogens (tertiary/aromatic N) is 1. The molecule has 0 saturated heterocycles. The Morgan fingerprint density at radius 1 is 1.13 bits per heavy atom. The summed E-state index contributed by atoms with van der Waals surface area (Å²) >= 11 is 0. The van der Waals surface area contributed by atoms with Crippen molar-refractivity contribution in [2.24, 2.45) is 11.5 Å². The van der Waals surface area contributed by atoms with Crippen molar-refractivity contribution < 1.29 is 0 Å². The van der Waals surface area contributed by atoms with Gasteiger partial charge in [0, 0.05) is 31.4 Å². The molecule has 0 aliphatic heterocycles. The lowest BCUT2D eigenvalue weighted by Gasteiger charge is -2.21. The van der Waals surface area contributed by atoms with Crippen LogP contribution in [0, 0.1) is 0 Å². The Morgan fingerprint density at radius 2 is 1.67 bits per heavy atom. The zero-order valence-electron chi connectivity index (χ0n) is 9.61. The zero-order chi connectivity index (χ0) is 11.3. The molecule has 15 heavy (non-hydrogen) atoms. The molecular weight excluding hydrogens is 186 g/mol. The van der Waals surface area contributed by atoms with E-state index in [0.717, 1.165) is 18.7 Å². The Bertz CT molecular complexity index is 277. The second-order valence-electron chi connectivity index (χ2n) is 3.61. The average Bonchev–Trinajstić information content (AvgIpc) is 2.30. The fourth-order valence-electron chi connectivity index (χ4n) is 1.66. The van der Waals surface area contributed by atoms with Gasteiger partial charge in [-0.3, -0.25) is 0 Å². The van der Waals surface area contributed by atoms with Crippen molar-refractivity contribution >= 4 is 5.69 Å². The van der Waals surface area contributed by atoms with Crippen molar-refractivity contribution in [2.75, 3.05) is 24.5 Å². The molecule has 3 nitrogen and oxygen atoms in total. The van der Waals surface area contributed by atoms with E-state index in [1.54, 1.807) is 0 Å². The monoisotopic (exact) mass is 207 g/mol. The van der Waals surface area contributed by atoms with E-state index in [0.29, 0.717) is 6.54 Å². The number of hydrogen-bond acceptors (Lipinski definition) is 3. The van der Waals surface area contributed by atoms with Crippen molar-refractivity contribution in [3.05, 3.63) is 29.8 Å². The van der Waals surface area contributed by atoms with Gasteiger partial charge in [-0.25, -0.2) is 0 Å². The lowest BCUT2D eigenvalue weighted by Crippen LogP contribution is -2.23. The first-order chi connectivity index (χ1) is 7.22. The van der Waals surface area contributed by atoms with E-state index in [4.69, 9.17) is 11.5 Å². The molecule has 0 spiro atoms. The van der Waals surface area contributed by atoms with Gasteiger partial charge < -0.3 is 16.4 Å². The fraction of sp³-hybridized carbons (Fsp3) is 0.500. The van der Waals surface area contributed by atoms with Gasteiger partial charge >= 0.3 is 0 Å². The predicted molar refractivity (Wildman–Crippen MR) is 66.0 cm³/mol. The molecular formula is C12H21N3. The van der Waals surface area contributed by atoms with Crippen LogP contribution in [-0.4, -0.2) is 19.6 Å². The van der Waals surface area contributed by atoms with E-state index in [1.165, 1.54) is 5.69 Å². The third-order valence-electron chi connectivity index (χ3n) is 2.70. The van der Waals surface area contributed by atoms with Crippen LogP contribution in [0.25, 0.3) is 0 Å².